The zero-order valence-corrected chi connectivity index (χ0v) is 16.6. The average molecular weight is 412 g/mol. The molecule has 0 bridgehead atoms. The number of fused-ring (bicyclic) bond motifs is 1. The van der Waals surface area contributed by atoms with E-state index in [2.05, 4.69) is 5.32 Å². The summed E-state index contributed by atoms with van der Waals surface area (Å²) in [6.07, 6.45) is 5.65. The van der Waals surface area contributed by atoms with Crippen molar-refractivity contribution in [1.82, 2.24) is 10.6 Å². The van der Waals surface area contributed by atoms with Crippen molar-refractivity contribution in [1.29, 1.82) is 0 Å². The quantitative estimate of drug-likeness (QED) is 0.509. The predicted molar refractivity (Wildman–Crippen MR) is 107 cm³/mol. The first-order valence-electron chi connectivity index (χ1n) is 9.92. The van der Waals surface area contributed by atoms with Crippen LogP contribution in [0.2, 0.25) is 0 Å². The fourth-order valence-electron chi connectivity index (χ4n) is 3.27. The molecule has 3 amide bonds. The molecular formula is C22H24N2O6. The molecule has 1 heterocycles. The zero-order chi connectivity index (χ0) is 21.3. The van der Waals surface area contributed by atoms with Crippen molar-refractivity contribution < 1.29 is 28.3 Å². The van der Waals surface area contributed by atoms with Gasteiger partial charge in [0.05, 0.1) is 19.2 Å². The lowest BCUT2D eigenvalue weighted by molar-refractivity contribution is -0.148. The van der Waals surface area contributed by atoms with Crippen molar-refractivity contribution >= 4 is 23.7 Å². The molecule has 1 aliphatic carbocycles. The number of carbonyl (C=O) groups is 4. The Labute approximate surface area is 174 Å². The van der Waals surface area contributed by atoms with Gasteiger partial charge < -0.3 is 14.5 Å². The highest BCUT2D eigenvalue weighted by Gasteiger charge is 2.16. The van der Waals surface area contributed by atoms with Crippen LogP contribution in [0.3, 0.4) is 0 Å². The summed E-state index contributed by atoms with van der Waals surface area (Å²) in [4.78, 5) is 47.4. The summed E-state index contributed by atoms with van der Waals surface area (Å²) in [5.41, 5.74) is 3.09. The van der Waals surface area contributed by atoms with Gasteiger partial charge in [0.1, 0.15) is 5.76 Å². The summed E-state index contributed by atoms with van der Waals surface area (Å²) >= 11 is 0. The zero-order valence-electron chi connectivity index (χ0n) is 16.6. The van der Waals surface area contributed by atoms with E-state index in [9.17, 15) is 19.2 Å². The highest BCUT2D eigenvalue weighted by atomic mass is 16.5. The van der Waals surface area contributed by atoms with Crippen LogP contribution in [0.5, 0.6) is 0 Å². The van der Waals surface area contributed by atoms with E-state index in [0.717, 1.165) is 19.3 Å². The van der Waals surface area contributed by atoms with Gasteiger partial charge in [-0.05, 0) is 55.0 Å². The molecule has 0 atom stereocenters. The Morgan fingerprint density at radius 1 is 1.00 bits per heavy atom. The highest BCUT2D eigenvalue weighted by Crippen LogP contribution is 2.23. The minimum absolute atomic E-state index is 0.00285. The summed E-state index contributed by atoms with van der Waals surface area (Å²) in [7, 11) is 0. The maximum Gasteiger partial charge on any atom is 0.321 e. The van der Waals surface area contributed by atoms with Crippen LogP contribution in [-0.2, 0) is 33.7 Å². The lowest BCUT2D eigenvalue weighted by Gasteiger charge is -2.16. The molecule has 158 valence electrons. The molecule has 0 unspecified atom stereocenters. The summed E-state index contributed by atoms with van der Waals surface area (Å²) in [6.45, 7) is -0.475. The Kier molecular flexibility index (Phi) is 7.37. The first-order valence-corrected chi connectivity index (χ1v) is 9.92. The van der Waals surface area contributed by atoms with Gasteiger partial charge in [-0.25, -0.2) is 4.79 Å². The lowest BCUT2D eigenvalue weighted by Crippen LogP contribution is -2.41. The second kappa shape index (κ2) is 10.4. The molecule has 0 spiro atoms. The molecule has 8 heteroatoms. The van der Waals surface area contributed by atoms with Crippen molar-refractivity contribution in [3.8, 4) is 0 Å². The Balaban J connectivity index is 1.34. The molecule has 1 aromatic carbocycles. The number of aryl methyl sites for hydroxylation is 2. The molecule has 2 aromatic rings. The molecule has 1 aliphatic rings. The van der Waals surface area contributed by atoms with Crippen LogP contribution in [0, 0.1) is 0 Å². The van der Waals surface area contributed by atoms with E-state index in [-0.39, 0.29) is 25.2 Å². The number of rotatable bonds is 8. The van der Waals surface area contributed by atoms with Gasteiger partial charge in [-0.2, -0.15) is 0 Å². The minimum Gasteiger partial charge on any atom is -0.467 e. The van der Waals surface area contributed by atoms with E-state index in [0.29, 0.717) is 11.3 Å². The monoisotopic (exact) mass is 412 g/mol. The van der Waals surface area contributed by atoms with Crippen molar-refractivity contribution in [3.05, 3.63) is 59.0 Å². The van der Waals surface area contributed by atoms with Crippen LogP contribution < -0.4 is 10.6 Å². The number of urea groups is 1. The number of esters is 1. The molecule has 0 aliphatic heterocycles. The van der Waals surface area contributed by atoms with E-state index in [1.54, 1.807) is 18.2 Å². The number of carbonyl (C=O) groups excluding carboxylic acids is 4. The molecule has 3 rings (SSSR count). The number of furan rings is 1. The molecule has 2 N–H and O–H groups in total. The Morgan fingerprint density at radius 2 is 1.80 bits per heavy atom. The van der Waals surface area contributed by atoms with Gasteiger partial charge in [-0.15, -0.1) is 0 Å². The third-order valence-corrected chi connectivity index (χ3v) is 4.85. The molecule has 0 saturated heterocycles. The van der Waals surface area contributed by atoms with Crippen LogP contribution in [-0.4, -0.2) is 30.3 Å². The molecular weight excluding hydrogens is 388 g/mol. The van der Waals surface area contributed by atoms with Crippen LogP contribution in [0.25, 0.3) is 0 Å². The van der Waals surface area contributed by atoms with E-state index >= 15 is 0 Å². The second-order valence-electron chi connectivity index (χ2n) is 7.08. The molecule has 30 heavy (non-hydrogen) atoms. The maximum absolute atomic E-state index is 12.3. The third-order valence-electron chi connectivity index (χ3n) is 4.85. The summed E-state index contributed by atoms with van der Waals surface area (Å²) in [5.74, 6) is -1.04. The predicted octanol–water partition coefficient (Wildman–Crippen LogP) is 2.69. The average Bonchev–Trinajstić information content (AvgIpc) is 3.28. The standard InChI is InChI=1S/C22H24N2O6/c25-19(17-8-7-15-4-1-2-5-16(15)12-17)9-10-21(27)30-14-20(26)24-22(28)23-13-18-6-3-11-29-18/h3,6-8,11-12H,1-2,4-5,9-10,13-14H2,(H2,23,24,26,28). The molecule has 0 fully saturated rings. The normalized spacial score (nSPS) is 12.5. The summed E-state index contributed by atoms with van der Waals surface area (Å²) in [5, 5.41) is 4.48. The maximum atomic E-state index is 12.3. The van der Waals surface area contributed by atoms with E-state index in [1.807, 2.05) is 17.4 Å². The van der Waals surface area contributed by atoms with E-state index in [1.165, 1.54) is 23.8 Å². The van der Waals surface area contributed by atoms with E-state index in [4.69, 9.17) is 9.15 Å². The number of benzene rings is 1. The van der Waals surface area contributed by atoms with Crippen molar-refractivity contribution in [3.63, 3.8) is 0 Å². The van der Waals surface area contributed by atoms with Gasteiger partial charge in [-0.1, -0.05) is 12.1 Å². The Bertz CT molecular complexity index is 920. The lowest BCUT2D eigenvalue weighted by atomic mass is 9.89. The largest absolute Gasteiger partial charge is 0.467 e. The van der Waals surface area contributed by atoms with Gasteiger partial charge in [0.25, 0.3) is 5.91 Å². The number of Topliss-reactive ketones (excluding diaryl/α,β-unsaturated/α-hetero) is 1. The number of ketones is 1. The highest BCUT2D eigenvalue weighted by molar-refractivity contribution is 5.98. The first kappa shape index (κ1) is 21.3. The van der Waals surface area contributed by atoms with Crippen LogP contribution in [0.4, 0.5) is 4.79 Å². The Morgan fingerprint density at radius 3 is 2.57 bits per heavy atom. The van der Waals surface area contributed by atoms with Gasteiger partial charge >= 0.3 is 12.0 Å². The van der Waals surface area contributed by atoms with Gasteiger partial charge in [0.2, 0.25) is 0 Å². The van der Waals surface area contributed by atoms with Gasteiger partial charge in [0.15, 0.2) is 12.4 Å². The number of hydrogen-bond acceptors (Lipinski definition) is 6. The smallest absolute Gasteiger partial charge is 0.321 e. The fourth-order valence-corrected chi connectivity index (χ4v) is 3.27. The number of imide groups is 1. The van der Waals surface area contributed by atoms with E-state index < -0.39 is 24.5 Å². The summed E-state index contributed by atoms with van der Waals surface area (Å²) < 4.78 is 9.88. The molecule has 8 nitrogen and oxygen atoms in total. The SMILES string of the molecule is O=C(COC(=O)CCC(=O)c1ccc2c(c1)CCCC2)NC(=O)NCc1ccco1. The van der Waals surface area contributed by atoms with Gasteiger partial charge in [-0.3, -0.25) is 19.7 Å². The Hall–Kier alpha value is -3.42. The number of nitrogens with one attached hydrogen (secondary N) is 2. The molecule has 0 radical (unpaired) electrons. The molecule has 0 saturated carbocycles. The summed E-state index contributed by atoms with van der Waals surface area (Å²) in [6, 6.07) is 8.32. The number of ether oxygens (including phenoxy) is 1. The topological polar surface area (TPSA) is 115 Å². The second-order valence-corrected chi connectivity index (χ2v) is 7.08. The van der Waals surface area contributed by atoms with Gasteiger partial charge in [0, 0.05) is 12.0 Å². The van der Waals surface area contributed by atoms with Crippen molar-refractivity contribution in [2.45, 2.75) is 45.1 Å². The first-order chi connectivity index (χ1) is 14.5. The third kappa shape index (κ3) is 6.30. The van der Waals surface area contributed by atoms with Crippen LogP contribution >= 0.6 is 0 Å². The fraction of sp³-hybridized carbons (Fsp3) is 0.364. The van der Waals surface area contributed by atoms with Crippen LogP contribution in [0.15, 0.2) is 41.0 Å². The van der Waals surface area contributed by atoms with Crippen molar-refractivity contribution in [2.75, 3.05) is 6.61 Å². The number of amides is 3. The minimum atomic E-state index is -0.763. The van der Waals surface area contributed by atoms with Crippen molar-refractivity contribution in [2.24, 2.45) is 0 Å². The number of hydrogen-bond donors (Lipinski definition) is 2. The van der Waals surface area contributed by atoms with Crippen LogP contribution in [0.1, 0.15) is 52.9 Å². The molecule has 1 aromatic heterocycles.